The SMILES string of the molecule is Nc1ccc(C2(C(=O)c3cccnc3)CC2)cc1. The Morgan fingerprint density at radius 3 is 2.44 bits per heavy atom. The van der Waals surface area contributed by atoms with Crippen molar-refractivity contribution >= 4 is 11.5 Å². The van der Waals surface area contributed by atoms with Gasteiger partial charge in [0.25, 0.3) is 0 Å². The molecule has 1 aromatic heterocycles. The molecule has 1 aliphatic carbocycles. The normalized spacial score (nSPS) is 16.2. The lowest BCUT2D eigenvalue weighted by Gasteiger charge is -2.14. The van der Waals surface area contributed by atoms with Gasteiger partial charge in [0.1, 0.15) is 0 Å². The molecule has 2 N–H and O–H groups in total. The number of hydrogen-bond donors (Lipinski definition) is 1. The fraction of sp³-hybridized carbons (Fsp3) is 0.200. The maximum absolute atomic E-state index is 12.5. The zero-order valence-corrected chi connectivity index (χ0v) is 9.97. The number of Topliss-reactive ketones (excluding diaryl/α,β-unsaturated/α-hetero) is 1. The molecule has 0 spiro atoms. The van der Waals surface area contributed by atoms with Crippen molar-refractivity contribution in [2.75, 3.05) is 5.73 Å². The van der Waals surface area contributed by atoms with Crippen LogP contribution in [0, 0.1) is 0 Å². The molecule has 0 saturated heterocycles. The molecule has 0 radical (unpaired) electrons. The van der Waals surface area contributed by atoms with Crippen molar-refractivity contribution < 1.29 is 4.79 Å². The number of pyridine rings is 1. The Morgan fingerprint density at radius 1 is 1.17 bits per heavy atom. The molecular formula is C15H14N2O. The number of anilines is 1. The summed E-state index contributed by atoms with van der Waals surface area (Å²) in [6.45, 7) is 0. The molecule has 1 fully saturated rings. The molecule has 18 heavy (non-hydrogen) atoms. The summed E-state index contributed by atoms with van der Waals surface area (Å²) in [6.07, 6.45) is 5.13. The average molecular weight is 238 g/mol. The number of aromatic nitrogens is 1. The molecule has 3 nitrogen and oxygen atoms in total. The van der Waals surface area contributed by atoms with Crippen molar-refractivity contribution in [3.63, 3.8) is 0 Å². The van der Waals surface area contributed by atoms with Crippen LogP contribution in [0.25, 0.3) is 0 Å². The van der Waals surface area contributed by atoms with Crippen molar-refractivity contribution in [2.24, 2.45) is 0 Å². The molecular weight excluding hydrogens is 224 g/mol. The first-order valence-electron chi connectivity index (χ1n) is 6.03. The monoisotopic (exact) mass is 238 g/mol. The van der Waals surface area contributed by atoms with E-state index in [1.807, 2.05) is 30.3 Å². The number of ketones is 1. The van der Waals surface area contributed by atoms with Gasteiger partial charge in [-0.15, -0.1) is 0 Å². The Labute approximate surface area is 106 Å². The van der Waals surface area contributed by atoms with Gasteiger partial charge in [0, 0.05) is 23.6 Å². The van der Waals surface area contributed by atoms with Gasteiger partial charge in [0.2, 0.25) is 0 Å². The summed E-state index contributed by atoms with van der Waals surface area (Å²) >= 11 is 0. The van der Waals surface area contributed by atoms with E-state index in [9.17, 15) is 4.79 Å². The predicted octanol–water partition coefficient (Wildman–Crippen LogP) is 2.58. The van der Waals surface area contributed by atoms with Crippen LogP contribution in [0.3, 0.4) is 0 Å². The fourth-order valence-electron chi connectivity index (χ4n) is 2.35. The van der Waals surface area contributed by atoms with Gasteiger partial charge in [-0.1, -0.05) is 12.1 Å². The molecule has 0 amide bonds. The first-order chi connectivity index (χ1) is 8.72. The number of nitrogens with two attached hydrogens (primary N) is 1. The van der Waals surface area contributed by atoms with Crippen LogP contribution in [0.2, 0.25) is 0 Å². The molecule has 0 bridgehead atoms. The highest BCUT2D eigenvalue weighted by atomic mass is 16.1. The molecule has 2 aromatic rings. The number of carbonyl (C=O) groups is 1. The fourth-order valence-corrected chi connectivity index (χ4v) is 2.35. The molecule has 0 atom stereocenters. The van der Waals surface area contributed by atoms with Crippen LogP contribution in [-0.2, 0) is 5.41 Å². The van der Waals surface area contributed by atoms with Crippen LogP contribution in [-0.4, -0.2) is 10.8 Å². The van der Waals surface area contributed by atoms with Gasteiger partial charge < -0.3 is 5.73 Å². The van der Waals surface area contributed by atoms with E-state index < -0.39 is 0 Å². The molecule has 3 heteroatoms. The second kappa shape index (κ2) is 3.95. The standard InChI is InChI=1S/C15H14N2O/c16-13-5-3-12(4-6-13)15(7-8-15)14(18)11-2-1-9-17-10-11/h1-6,9-10H,7-8,16H2. The van der Waals surface area contributed by atoms with Crippen LogP contribution in [0.4, 0.5) is 5.69 Å². The lowest BCUT2D eigenvalue weighted by molar-refractivity contribution is 0.0945. The van der Waals surface area contributed by atoms with Crippen molar-refractivity contribution in [3.8, 4) is 0 Å². The second-order valence-corrected chi connectivity index (χ2v) is 4.77. The number of carbonyl (C=O) groups excluding carboxylic acids is 1. The largest absolute Gasteiger partial charge is 0.399 e. The summed E-state index contributed by atoms with van der Waals surface area (Å²) in [7, 11) is 0. The van der Waals surface area contributed by atoms with Gasteiger partial charge in [0.15, 0.2) is 5.78 Å². The van der Waals surface area contributed by atoms with E-state index in [-0.39, 0.29) is 11.2 Å². The predicted molar refractivity (Wildman–Crippen MR) is 70.3 cm³/mol. The van der Waals surface area contributed by atoms with Crippen LogP contribution < -0.4 is 5.73 Å². The second-order valence-electron chi connectivity index (χ2n) is 4.77. The zero-order valence-electron chi connectivity index (χ0n) is 9.97. The number of rotatable bonds is 3. The van der Waals surface area contributed by atoms with Crippen LogP contribution in [0.15, 0.2) is 48.8 Å². The highest BCUT2D eigenvalue weighted by Crippen LogP contribution is 2.50. The summed E-state index contributed by atoms with van der Waals surface area (Å²) in [4.78, 5) is 16.6. The van der Waals surface area contributed by atoms with E-state index in [2.05, 4.69) is 4.98 Å². The first-order valence-corrected chi connectivity index (χ1v) is 6.03. The van der Waals surface area contributed by atoms with Gasteiger partial charge in [-0.3, -0.25) is 9.78 Å². The quantitative estimate of drug-likeness (QED) is 0.660. The van der Waals surface area contributed by atoms with Crippen LogP contribution in [0.5, 0.6) is 0 Å². The van der Waals surface area contributed by atoms with Gasteiger partial charge in [-0.25, -0.2) is 0 Å². The molecule has 0 aliphatic heterocycles. The van der Waals surface area contributed by atoms with Crippen LogP contribution >= 0.6 is 0 Å². The van der Waals surface area contributed by atoms with E-state index in [4.69, 9.17) is 5.73 Å². The van der Waals surface area contributed by atoms with Crippen molar-refractivity contribution in [1.82, 2.24) is 4.98 Å². The highest BCUT2D eigenvalue weighted by molar-refractivity contribution is 6.06. The first kappa shape index (κ1) is 11.0. The molecule has 0 unspecified atom stereocenters. The smallest absolute Gasteiger partial charge is 0.174 e. The lowest BCUT2D eigenvalue weighted by Crippen LogP contribution is -2.20. The summed E-state index contributed by atoms with van der Waals surface area (Å²) in [5, 5.41) is 0. The molecule has 1 heterocycles. The average Bonchev–Trinajstić information content (AvgIpc) is 3.21. The maximum Gasteiger partial charge on any atom is 0.174 e. The Balaban J connectivity index is 1.96. The molecule has 1 saturated carbocycles. The van der Waals surface area contributed by atoms with E-state index in [1.165, 1.54) is 0 Å². The topological polar surface area (TPSA) is 56.0 Å². The maximum atomic E-state index is 12.5. The highest BCUT2D eigenvalue weighted by Gasteiger charge is 2.51. The number of nitrogen functional groups attached to an aromatic ring is 1. The summed E-state index contributed by atoms with van der Waals surface area (Å²) in [5.74, 6) is 0.167. The van der Waals surface area contributed by atoms with Gasteiger partial charge in [-0.05, 0) is 42.7 Å². The minimum atomic E-state index is -0.337. The third-order valence-corrected chi connectivity index (χ3v) is 3.57. The summed E-state index contributed by atoms with van der Waals surface area (Å²) < 4.78 is 0. The Hall–Kier alpha value is -2.16. The Morgan fingerprint density at radius 2 is 1.89 bits per heavy atom. The summed E-state index contributed by atoms with van der Waals surface area (Å²) in [5.41, 5.74) is 7.82. The number of hydrogen-bond acceptors (Lipinski definition) is 3. The van der Waals surface area contributed by atoms with Crippen LogP contribution in [0.1, 0.15) is 28.8 Å². The molecule has 1 aromatic carbocycles. The minimum Gasteiger partial charge on any atom is -0.399 e. The Kier molecular flexibility index (Phi) is 2.40. The third kappa shape index (κ3) is 1.68. The molecule has 3 rings (SSSR count). The van der Waals surface area contributed by atoms with Crippen molar-refractivity contribution in [2.45, 2.75) is 18.3 Å². The van der Waals surface area contributed by atoms with E-state index in [1.54, 1.807) is 18.5 Å². The van der Waals surface area contributed by atoms with E-state index in [0.717, 1.165) is 24.1 Å². The molecule has 1 aliphatic rings. The van der Waals surface area contributed by atoms with E-state index >= 15 is 0 Å². The van der Waals surface area contributed by atoms with Gasteiger partial charge >= 0.3 is 0 Å². The van der Waals surface area contributed by atoms with Gasteiger partial charge in [0.05, 0.1) is 5.41 Å². The molecule has 90 valence electrons. The minimum absolute atomic E-state index is 0.167. The summed E-state index contributed by atoms with van der Waals surface area (Å²) in [6, 6.07) is 11.2. The number of nitrogens with zero attached hydrogens (tertiary/aromatic N) is 1. The van der Waals surface area contributed by atoms with E-state index in [0.29, 0.717) is 5.56 Å². The zero-order chi connectivity index (χ0) is 12.6. The van der Waals surface area contributed by atoms with Crippen molar-refractivity contribution in [1.29, 1.82) is 0 Å². The number of benzene rings is 1. The third-order valence-electron chi connectivity index (χ3n) is 3.57. The van der Waals surface area contributed by atoms with Crippen molar-refractivity contribution in [3.05, 3.63) is 59.9 Å². The van der Waals surface area contributed by atoms with Gasteiger partial charge in [-0.2, -0.15) is 0 Å². The lowest BCUT2D eigenvalue weighted by atomic mass is 9.88. The Bertz CT molecular complexity index is 571.